The molecule has 0 saturated carbocycles. The molecule has 2 nitrogen and oxygen atoms in total. The van der Waals surface area contributed by atoms with Crippen molar-refractivity contribution in [1.82, 2.24) is 0 Å². The third-order valence-corrected chi connectivity index (χ3v) is 6.62. The SMILES string of the molecule is O=C1c2ccccc2C(=O)c2ccccc21.c1ccc2c(c1)Cc1ccccc1S2. The Morgan fingerprint density at radius 2 is 0.800 bits per heavy atom. The molecule has 0 amide bonds. The van der Waals surface area contributed by atoms with Crippen molar-refractivity contribution in [3.8, 4) is 0 Å². The molecule has 0 unspecified atom stereocenters. The second kappa shape index (κ2) is 7.77. The van der Waals surface area contributed by atoms with Gasteiger partial charge in [-0.05, 0) is 29.7 Å². The number of rotatable bonds is 0. The lowest BCUT2D eigenvalue weighted by Crippen LogP contribution is -2.20. The monoisotopic (exact) mass is 406 g/mol. The van der Waals surface area contributed by atoms with Crippen LogP contribution >= 0.6 is 11.8 Å². The highest BCUT2D eigenvalue weighted by Crippen LogP contribution is 2.38. The number of benzene rings is 4. The van der Waals surface area contributed by atoms with Crippen LogP contribution in [0.4, 0.5) is 0 Å². The summed E-state index contributed by atoms with van der Waals surface area (Å²) in [6.07, 6.45) is 1.08. The molecule has 6 rings (SSSR count). The smallest absolute Gasteiger partial charge is 0.194 e. The van der Waals surface area contributed by atoms with Crippen LogP contribution in [-0.4, -0.2) is 11.6 Å². The summed E-state index contributed by atoms with van der Waals surface area (Å²) in [4.78, 5) is 27.0. The molecule has 144 valence electrons. The minimum absolute atomic E-state index is 0.0641. The van der Waals surface area contributed by atoms with Gasteiger partial charge in [-0.1, -0.05) is 96.7 Å². The van der Waals surface area contributed by atoms with E-state index in [-0.39, 0.29) is 11.6 Å². The third kappa shape index (κ3) is 3.27. The van der Waals surface area contributed by atoms with Gasteiger partial charge < -0.3 is 0 Å². The molecule has 0 atom stereocenters. The maximum absolute atomic E-state index is 12.1. The molecule has 0 spiro atoms. The number of fused-ring (bicyclic) bond motifs is 4. The summed E-state index contributed by atoms with van der Waals surface area (Å²) >= 11 is 1.88. The Morgan fingerprint density at radius 1 is 0.467 bits per heavy atom. The summed E-state index contributed by atoms with van der Waals surface area (Å²) in [7, 11) is 0. The van der Waals surface area contributed by atoms with Gasteiger partial charge in [-0.25, -0.2) is 0 Å². The molecule has 0 aromatic heterocycles. The van der Waals surface area contributed by atoms with E-state index in [9.17, 15) is 9.59 Å². The second-order valence-electron chi connectivity index (χ2n) is 7.24. The summed E-state index contributed by atoms with van der Waals surface area (Å²) in [6.45, 7) is 0. The minimum Gasteiger partial charge on any atom is -0.289 e. The number of ketones is 2. The molecule has 0 bridgehead atoms. The van der Waals surface area contributed by atoms with Gasteiger partial charge in [0.2, 0.25) is 0 Å². The molecule has 4 aromatic carbocycles. The summed E-state index contributed by atoms with van der Waals surface area (Å²) in [6, 6.07) is 31.2. The Labute approximate surface area is 179 Å². The van der Waals surface area contributed by atoms with Crippen molar-refractivity contribution < 1.29 is 9.59 Å². The molecule has 0 N–H and O–H groups in total. The fourth-order valence-corrected chi connectivity index (χ4v) is 4.94. The average Bonchev–Trinajstić information content (AvgIpc) is 2.81. The van der Waals surface area contributed by atoms with Gasteiger partial charge in [-0.15, -0.1) is 0 Å². The van der Waals surface area contributed by atoms with E-state index in [1.807, 2.05) is 11.8 Å². The van der Waals surface area contributed by atoms with E-state index in [0.717, 1.165) is 6.42 Å². The zero-order chi connectivity index (χ0) is 20.5. The number of hydrogen-bond acceptors (Lipinski definition) is 3. The molecule has 2 aliphatic rings. The van der Waals surface area contributed by atoms with Crippen LogP contribution in [0.2, 0.25) is 0 Å². The van der Waals surface area contributed by atoms with Gasteiger partial charge in [-0.3, -0.25) is 9.59 Å². The highest BCUT2D eigenvalue weighted by Gasteiger charge is 2.28. The van der Waals surface area contributed by atoms with Crippen molar-refractivity contribution in [1.29, 1.82) is 0 Å². The number of hydrogen-bond donors (Lipinski definition) is 0. The van der Waals surface area contributed by atoms with Gasteiger partial charge in [0.15, 0.2) is 11.6 Å². The van der Waals surface area contributed by atoms with Gasteiger partial charge in [0.25, 0.3) is 0 Å². The highest BCUT2D eigenvalue weighted by atomic mass is 32.2. The largest absolute Gasteiger partial charge is 0.289 e. The van der Waals surface area contributed by atoms with Crippen LogP contribution in [0.1, 0.15) is 43.0 Å². The predicted molar refractivity (Wildman–Crippen MR) is 120 cm³/mol. The zero-order valence-corrected chi connectivity index (χ0v) is 17.0. The van der Waals surface area contributed by atoms with Gasteiger partial charge in [-0.2, -0.15) is 0 Å². The van der Waals surface area contributed by atoms with Crippen LogP contribution in [0.15, 0.2) is 107 Å². The fraction of sp³-hybridized carbons (Fsp3) is 0.0370. The molecule has 4 aromatic rings. The molecule has 0 saturated heterocycles. The van der Waals surface area contributed by atoms with E-state index < -0.39 is 0 Å². The Morgan fingerprint density at radius 3 is 1.20 bits per heavy atom. The third-order valence-electron chi connectivity index (χ3n) is 5.38. The second-order valence-corrected chi connectivity index (χ2v) is 8.33. The molecule has 1 heterocycles. The summed E-state index contributed by atoms with van der Waals surface area (Å²) < 4.78 is 0. The molecule has 0 radical (unpaired) electrons. The van der Waals surface area contributed by atoms with Crippen molar-refractivity contribution >= 4 is 23.3 Å². The lowest BCUT2D eigenvalue weighted by atomic mass is 9.84. The molecule has 3 heteroatoms. The normalized spacial score (nSPS) is 13.2. The molecule has 1 aliphatic heterocycles. The van der Waals surface area contributed by atoms with Gasteiger partial charge in [0.1, 0.15) is 0 Å². The van der Waals surface area contributed by atoms with E-state index >= 15 is 0 Å². The van der Waals surface area contributed by atoms with E-state index in [0.29, 0.717) is 22.3 Å². The lowest BCUT2D eigenvalue weighted by molar-refractivity contribution is 0.0979. The van der Waals surface area contributed by atoms with E-state index in [1.54, 1.807) is 48.5 Å². The predicted octanol–water partition coefficient (Wildman–Crippen LogP) is 6.20. The maximum atomic E-state index is 12.1. The minimum atomic E-state index is -0.0641. The zero-order valence-electron chi connectivity index (χ0n) is 16.2. The Balaban J connectivity index is 0.000000130. The van der Waals surface area contributed by atoms with Gasteiger partial charge in [0.05, 0.1) is 0 Å². The molecular formula is C27H18O2S. The van der Waals surface area contributed by atoms with Crippen molar-refractivity contribution in [2.75, 3.05) is 0 Å². The van der Waals surface area contributed by atoms with Crippen LogP contribution in [0.25, 0.3) is 0 Å². The first-order valence-electron chi connectivity index (χ1n) is 9.83. The maximum Gasteiger partial charge on any atom is 0.194 e. The first-order chi connectivity index (χ1) is 14.7. The van der Waals surface area contributed by atoms with E-state index in [4.69, 9.17) is 0 Å². The summed E-state index contributed by atoms with van der Waals surface area (Å²) in [5.41, 5.74) is 4.93. The van der Waals surface area contributed by atoms with E-state index in [1.165, 1.54) is 20.9 Å². The van der Waals surface area contributed by atoms with Crippen molar-refractivity contribution in [2.24, 2.45) is 0 Å². The lowest BCUT2D eigenvalue weighted by Gasteiger charge is -2.17. The Bertz CT molecular complexity index is 1100. The molecule has 0 fully saturated rings. The van der Waals surface area contributed by atoms with Crippen molar-refractivity contribution in [3.63, 3.8) is 0 Å². The Hall–Kier alpha value is -3.43. The van der Waals surface area contributed by atoms with Crippen LogP contribution in [0.3, 0.4) is 0 Å². The van der Waals surface area contributed by atoms with Crippen LogP contribution in [0.5, 0.6) is 0 Å². The first-order valence-corrected chi connectivity index (χ1v) is 10.6. The Kier molecular flexibility index (Phi) is 4.82. The standard InChI is InChI=1S/C14H8O2.C13H10S/c15-13-9-5-1-2-6-10(9)14(16)12-8-4-3-7-11(12)13;1-3-7-12-10(5-1)9-11-6-2-4-8-13(11)14-12/h1-8H;1-8H,9H2. The van der Waals surface area contributed by atoms with Crippen LogP contribution in [0, 0.1) is 0 Å². The fourth-order valence-electron chi connectivity index (χ4n) is 3.87. The number of carbonyl (C=O) groups excluding carboxylic acids is 2. The summed E-state index contributed by atoms with van der Waals surface area (Å²) in [5, 5.41) is 0. The summed E-state index contributed by atoms with van der Waals surface area (Å²) in [5.74, 6) is -0.128. The first kappa shape index (κ1) is 18.6. The molecule has 1 aliphatic carbocycles. The van der Waals surface area contributed by atoms with Crippen molar-refractivity contribution in [2.45, 2.75) is 16.2 Å². The van der Waals surface area contributed by atoms with Crippen molar-refractivity contribution in [3.05, 3.63) is 130 Å². The van der Waals surface area contributed by atoms with Crippen LogP contribution in [-0.2, 0) is 6.42 Å². The quantitative estimate of drug-likeness (QED) is 0.301. The van der Waals surface area contributed by atoms with Gasteiger partial charge >= 0.3 is 0 Å². The molecular weight excluding hydrogens is 388 g/mol. The van der Waals surface area contributed by atoms with Gasteiger partial charge in [0, 0.05) is 32.0 Å². The van der Waals surface area contributed by atoms with E-state index in [2.05, 4.69) is 48.5 Å². The highest BCUT2D eigenvalue weighted by molar-refractivity contribution is 7.99. The molecule has 30 heavy (non-hydrogen) atoms. The van der Waals surface area contributed by atoms with Crippen LogP contribution < -0.4 is 0 Å². The average molecular weight is 407 g/mol. The topological polar surface area (TPSA) is 34.1 Å². The number of carbonyl (C=O) groups is 2.